The number of hydrogen-bond donors (Lipinski definition) is 2. The monoisotopic (exact) mass is 243 g/mol. The van der Waals surface area contributed by atoms with Gasteiger partial charge in [-0.2, -0.15) is 0 Å². The summed E-state index contributed by atoms with van der Waals surface area (Å²) < 4.78 is 4.69. The molecule has 0 aliphatic carbocycles. The molecule has 0 aliphatic rings. The van der Waals surface area contributed by atoms with Crippen LogP contribution >= 0.6 is 11.3 Å². The summed E-state index contributed by atoms with van der Waals surface area (Å²) in [6.45, 7) is 2.03. The lowest BCUT2D eigenvalue weighted by molar-refractivity contribution is -0.120. The number of nitrogens with zero attached hydrogens (tertiary/aromatic N) is 1. The third kappa shape index (κ3) is 3.85. The van der Waals surface area contributed by atoms with Crippen molar-refractivity contribution in [3.8, 4) is 0 Å². The second-order valence-corrected chi connectivity index (χ2v) is 3.70. The minimum atomic E-state index is -0.539. The molecule has 0 aliphatic heterocycles. The number of aromatic nitrogens is 1. The van der Waals surface area contributed by atoms with E-state index < -0.39 is 6.09 Å². The first kappa shape index (κ1) is 12.4. The van der Waals surface area contributed by atoms with Gasteiger partial charge >= 0.3 is 6.09 Å². The van der Waals surface area contributed by atoms with Gasteiger partial charge in [-0.1, -0.05) is 0 Å². The summed E-state index contributed by atoms with van der Waals surface area (Å²) >= 11 is 1.25. The summed E-state index contributed by atoms with van der Waals surface area (Å²) in [5, 5.41) is 7.11. The van der Waals surface area contributed by atoms with Crippen LogP contribution in [0, 0.1) is 0 Å². The highest BCUT2D eigenvalue weighted by molar-refractivity contribution is 7.13. The molecule has 0 radical (unpaired) electrons. The van der Waals surface area contributed by atoms with Crippen molar-refractivity contribution in [3.63, 3.8) is 0 Å². The highest BCUT2D eigenvalue weighted by Gasteiger charge is 2.08. The normalized spacial score (nSPS) is 9.62. The molecule has 7 heteroatoms. The van der Waals surface area contributed by atoms with Gasteiger partial charge in [0.1, 0.15) is 0 Å². The smallest absolute Gasteiger partial charge is 0.413 e. The molecule has 0 fully saturated rings. The van der Waals surface area contributed by atoms with E-state index in [-0.39, 0.29) is 12.3 Å². The van der Waals surface area contributed by atoms with Crippen LogP contribution in [-0.2, 0) is 16.0 Å². The van der Waals surface area contributed by atoms with Gasteiger partial charge in [0.05, 0.1) is 18.7 Å². The van der Waals surface area contributed by atoms with Crippen molar-refractivity contribution in [1.82, 2.24) is 10.3 Å². The Morgan fingerprint density at radius 2 is 2.31 bits per heavy atom. The summed E-state index contributed by atoms with van der Waals surface area (Å²) in [6, 6.07) is 0. The van der Waals surface area contributed by atoms with E-state index in [1.807, 2.05) is 0 Å². The maximum atomic E-state index is 11.1. The molecule has 1 rings (SSSR count). The van der Waals surface area contributed by atoms with Crippen LogP contribution in [0.1, 0.15) is 12.6 Å². The molecule has 1 heterocycles. The fourth-order valence-electron chi connectivity index (χ4n) is 0.953. The third-order valence-electron chi connectivity index (χ3n) is 1.66. The van der Waals surface area contributed by atoms with Crippen LogP contribution in [0.3, 0.4) is 0 Å². The van der Waals surface area contributed by atoms with E-state index in [4.69, 9.17) is 4.74 Å². The molecule has 0 saturated heterocycles. The maximum Gasteiger partial charge on any atom is 0.413 e. The minimum Gasteiger partial charge on any atom is -0.450 e. The van der Waals surface area contributed by atoms with E-state index in [9.17, 15) is 9.59 Å². The molecule has 1 aromatic rings. The van der Waals surface area contributed by atoms with Crippen molar-refractivity contribution in [2.45, 2.75) is 13.3 Å². The van der Waals surface area contributed by atoms with Gasteiger partial charge in [0.15, 0.2) is 5.13 Å². The Balaban J connectivity index is 2.51. The molecule has 0 aromatic carbocycles. The lowest BCUT2D eigenvalue weighted by atomic mass is 10.3. The Kier molecular flexibility index (Phi) is 4.71. The van der Waals surface area contributed by atoms with Crippen molar-refractivity contribution in [3.05, 3.63) is 11.1 Å². The van der Waals surface area contributed by atoms with Crippen LogP contribution in [0.15, 0.2) is 5.38 Å². The Hall–Kier alpha value is -1.63. The number of ether oxygens (including phenoxy) is 1. The molecule has 0 unspecified atom stereocenters. The molecule has 0 spiro atoms. The average Bonchev–Trinajstić information content (AvgIpc) is 2.65. The summed E-state index contributed by atoms with van der Waals surface area (Å²) in [5.74, 6) is -0.118. The molecule has 2 N–H and O–H groups in total. The number of nitrogens with one attached hydrogen (secondary N) is 2. The summed E-state index contributed by atoms with van der Waals surface area (Å²) in [7, 11) is 1.56. The SMILES string of the molecule is CCOC(=O)Nc1nc(CC(=O)NC)cs1. The van der Waals surface area contributed by atoms with E-state index in [0.29, 0.717) is 17.4 Å². The molecule has 6 nitrogen and oxygen atoms in total. The van der Waals surface area contributed by atoms with Gasteiger partial charge < -0.3 is 10.1 Å². The van der Waals surface area contributed by atoms with Crippen molar-refractivity contribution in [2.75, 3.05) is 19.0 Å². The van der Waals surface area contributed by atoms with Crippen LogP contribution in [-0.4, -0.2) is 30.6 Å². The number of likely N-dealkylation sites (N-methyl/N-ethyl adjacent to an activating group) is 1. The standard InChI is InChI=1S/C9H13N3O3S/c1-3-15-9(14)12-8-11-6(5-16-8)4-7(13)10-2/h5H,3-4H2,1-2H3,(H,10,13)(H,11,12,14). The third-order valence-corrected chi connectivity index (χ3v) is 2.46. The van der Waals surface area contributed by atoms with Gasteiger partial charge in [0.2, 0.25) is 5.91 Å². The molecule has 1 aromatic heterocycles. The number of carbonyl (C=O) groups is 2. The van der Waals surface area contributed by atoms with E-state index >= 15 is 0 Å². The quantitative estimate of drug-likeness (QED) is 0.826. The number of hydrogen-bond acceptors (Lipinski definition) is 5. The molecule has 0 atom stereocenters. The number of anilines is 1. The Morgan fingerprint density at radius 1 is 1.56 bits per heavy atom. The van der Waals surface area contributed by atoms with Crippen LogP contribution in [0.25, 0.3) is 0 Å². The van der Waals surface area contributed by atoms with E-state index in [1.54, 1.807) is 19.4 Å². The Labute approximate surface area is 97.0 Å². The zero-order chi connectivity index (χ0) is 12.0. The van der Waals surface area contributed by atoms with Gasteiger partial charge in [-0.15, -0.1) is 11.3 Å². The maximum absolute atomic E-state index is 11.1. The number of thiazole rings is 1. The van der Waals surface area contributed by atoms with Crippen LogP contribution in [0.4, 0.5) is 9.93 Å². The lowest BCUT2D eigenvalue weighted by Gasteiger charge is -2.00. The zero-order valence-corrected chi connectivity index (χ0v) is 9.89. The van der Waals surface area contributed by atoms with Crippen LogP contribution < -0.4 is 10.6 Å². The van der Waals surface area contributed by atoms with E-state index in [0.717, 1.165) is 0 Å². The average molecular weight is 243 g/mol. The first-order valence-corrected chi connectivity index (χ1v) is 5.62. The fourth-order valence-corrected chi connectivity index (χ4v) is 1.65. The second kappa shape index (κ2) is 6.06. The van der Waals surface area contributed by atoms with Crippen molar-refractivity contribution in [2.24, 2.45) is 0 Å². The van der Waals surface area contributed by atoms with E-state index in [2.05, 4.69) is 15.6 Å². The number of carbonyl (C=O) groups excluding carboxylic acids is 2. The second-order valence-electron chi connectivity index (χ2n) is 2.84. The lowest BCUT2D eigenvalue weighted by Crippen LogP contribution is -2.20. The molecule has 0 saturated carbocycles. The van der Waals surface area contributed by atoms with Crippen molar-refractivity contribution in [1.29, 1.82) is 0 Å². The molecule has 2 amide bonds. The van der Waals surface area contributed by atoms with Gasteiger partial charge in [-0.05, 0) is 6.92 Å². The van der Waals surface area contributed by atoms with Crippen LogP contribution in [0.5, 0.6) is 0 Å². The topological polar surface area (TPSA) is 80.3 Å². The largest absolute Gasteiger partial charge is 0.450 e. The number of amides is 2. The van der Waals surface area contributed by atoms with Gasteiger partial charge in [0.25, 0.3) is 0 Å². The van der Waals surface area contributed by atoms with Gasteiger partial charge in [-0.25, -0.2) is 9.78 Å². The molecule has 0 bridgehead atoms. The highest BCUT2D eigenvalue weighted by Crippen LogP contribution is 2.15. The molecular formula is C9H13N3O3S. The zero-order valence-electron chi connectivity index (χ0n) is 9.07. The van der Waals surface area contributed by atoms with Gasteiger partial charge in [-0.3, -0.25) is 10.1 Å². The molecular weight excluding hydrogens is 230 g/mol. The fraction of sp³-hybridized carbons (Fsp3) is 0.444. The summed E-state index contributed by atoms with van der Waals surface area (Å²) in [5.41, 5.74) is 0.621. The first-order chi connectivity index (χ1) is 7.65. The van der Waals surface area contributed by atoms with Gasteiger partial charge in [0, 0.05) is 12.4 Å². The van der Waals surface area contributed by atoms with Crippen molar-refractivity contribution >= 4 is 28.5 Å². The van der Waals surface area contributed by atoms with Crippen LogP contribution in [0.2, 0.25) is 0 Å². The van der Waals surface area contributed by atoms with E-state index in [1.165, 1.54) is 11.3 Å². The first-order valence-electron chi connectivity index (χ1n) is 4.74. The predicted octanol–water partition coefficient (Wildman–Crippen LogP) is 1.000. The minimum absolute atomic E-state index is 0.118. The highest BCUT2D eigenvalue weighted by atomic mass is 32.1. The summed E-state index contributed by atoms with van der Waals surface area (Å²) in [4.78, 5) is 26.2. The predicted molar refractivity (Wildman–Crippen MR) is 60.5 cm³/mol. The molecule has 88 valence electrons. The Bertz CT molecular complexity index is 378. The number of rotatable bonds is 4. The summed E-state index contributed by atoms with van der Waals surface area (Å²) in [6.07, 6.45) is -0.333. The van der Waals surface area contributed by atoms with Crippen molar-refractivity contribution < 1.29 is 14.3 Å². The Morgan fingerprint density at radius 3 is 2.94 bits per heavy atom. The molecule has 16 heavy (non-hydrogen) atoms.